The van der Waals surface area contributed by atoms with Crippen molar-refractivity contribution in [1.82, 2.24) is 4.98 Å². The molecule has 1 heterocycles. The number of phenolic OH excluding ortho intramolecular Hbond substituents is 1. The molecule has 3 aromatic carbocycles. The minimum absolute atomic E-state index is 0.209. The fraction of sp³-hybridized carbons (Fsp3) is 0.125. The van der Waals surface area contributed by atoms with Gasteiger partial charge in [0, 0.05) is 11.1 Å². The van der Waals surface area contributed by atoms with Gasteiger partial charge in [0.25, 0.3) is 10.0 Å². The molecule has 0 amide bonds. The molecule has 0 aliphatic carbocycles. The number of fused-ring (bicyclic) bond motifs is 1. The molecule has 0 aliphatic heterocycles. The minimum atomic E-state index is -3.72. The number of aromatic nitrogens is 1. The number of hydrogen-bond donors (Lipinski definition) is 2. The van der Waals surface area contributed by atoms with E-state index in [1.807, 2.05) is 37.3 Å². The average Bonchev–Trinajstić information content (AvgIpc) is 2.73. The Labute approximate surface area is 176 Å². The lowest BCUT2D eigenvalue weighted by Gasteiger charge is -2.12. The monoisotopic (exact) mass is 418 g/mol. The van der Waals surface area contributed by atoms with Crippen molar-refractivity contribution < 1.29 is 13.5 Å². The lowest BCUT2D eigenvalue weighted by molar-refractivity contribution is 0.468. The summed E-state index contributed by atoms with van der Waals surface area (Å²) in [5, 5.41) is 10.8. The number of pyridine rings is 1. The summed E-state index contributed by atoms with van der Waals surface area (Å²) in [4.78, 5) is 4.91. The smallest absolute Gasteiger partial charge is 0.261 e. The molecular formula is C24H22N2O3S. The quantitative estimate of drug-likeness (QED) is 0.470. The summed E-state index contributed by atoms with van der Waals surface area (Å²) in [6, 6.07) is 23.2. The third-order valence-corrected chi connectivity index (χ3v) is 6.38. The zero-order valence-electron chi connectivity index (χ0n) is 16.5. The van der Waals surface area contributed by atoms with Crippen LogP contribution in [0.1, 0.15) is 16.8 Å². The summed E-state index contributed by atoms with van der Waals surface area (Å²) in [5.41, 5.74) is 3.72. The number of anilines is 1. The molecule has 4 aromatic rings. The van der Waals surface area contributed by atoms with Crippen LogP contribution in [0.15, 0.2) is 83.8 Å². The van der Waals surface area contributed by atoms with Gasteiger partial charge in [-0.25, -0.2) is 8.42 Å². The standard InChI is InChI=1S/C24H22N2O3S/c1-17-9-15-21(16-10-17)30(28,29)26-22-7-4-6-19-12-14-20(25-24(19)22)13-11-18-5-2-3-8-23(18)27/h2-10,12,14-16,26-27H,11,13H2,1H3. The number of benzene rings is 3. The van der Waals surface area contributed by atoms with Gasteiger partial charge in [0.2, 0.25) is 0 Å². The molecule has 0 fully saturated rings. The number of phenols is 1. The Kier molecular flexibility index (Phi) is 5.42. The van der Waals surface area contributed by atoms with Crippen LogP contribution in [0.4, 0.5) is 5.69 Å². The summed E-state index contributed by atoms with van der Waals surface area (Å²) in [6.45, 7) is 1.91. The molecule has 6 heteroatoms. The van der Waals surface area contributed by atoms with Crippen molar-refractivity contribution in [3.8, 4) is 5.75 Å². The van der Waals surface area contributed by atoms with E-state index in [-0.39, 0.29) is 10.6 Å². The van der Waals surface area contributed by atoms with Crippen molar-refractivity contribution in [2.45, 2.75) is 24.7 Å². The van der Waals surface area contributed by atoms with E-state index in [2.05, 4.69) is 4.72 Å². The topological polar surface area (TPSA) is 79.3 Å². The largest absolute Gasteiger partial charge is 0.508 e. The summed E-state index contributed by atoms with van der Waals surface area (Å²) in [6.07, 6.45) is 1.27. The molecular weight excluding hydrogens is 396 g/mol. The van der Waals surface area contributed by atoms with Crippen molar-refractivity contribution in [3.63, 3.8) is 0 Å². The Morgan fingerprint density at radius 3 is 2.40 bits per heavy atom. The Hall–Kier alpha value is -3.38. The first-order chi connectivity index (χ1) is 14.4. The number of nitrogens with one attached hydrogen (secondary N) is 1. The molecule has 0 aliphatic rings. The molecule has 0 atom stereocenters. The van der Waals surface area contributed by atoms with Crippen molar-refractivity contribution in [2.75, 3.05) is 4.72 Å². The van der Waals surface area contributed by atoms with Crippen LogP contribution >= 0.6 is 0 Å². The molecule has 0 unspecified atom stereocenters. The molecule has 0 spiro atoms. The summed E-state index contributed by atoms with van der Waals surface area (Å²) in [5.74, 6) is 0.268. The van der Waals surface area contributed by atoms with Gasteiger partial charge in [-0.2, -0.15) is 0 Å². The molecule has 0 radical (unpaired) electrons. The Balaban J connectivity index is 1.63. The summed E-state index contributed by atoms with van der Waals surface area (Å²) >= 11 is 0. The van der Waals surface area contributed by atoms with E-state index in [4.69, 9.17) is 4.98 Å². The van der Waals surface area contributed by atoms with Crippen LogP contribution in [0, 0.1) is 6.92 Å². The third kappa shape index (κ3) is 4.28. The molecule has 2 N–H and O–H groups in total. The van der Waals surface area contributed by atoms with E-state index in [9.17, 15) is 13.5 Å². The van der Waals surface area contributed by atoms with E-state index >= 15 is 0 Å². The van der Waals surface area contributed by atoms with Crippen LogP contribution in [-0.4, -0.2) is 18.5 Å². The molecule has 4 rings (SSSR count). The summed E-state index contributed by atoms with van der Waals surface area (Å²) in [7, 11) is -3.72. The number of nitrogens with zero attached hydrogens (tertiary/aromatic N) is 1. The first kappa shape index (κ1) is 19.9. The maximum absolute atomic E-state index is 12.8. The van der Waals surface area contributed by atoms with Gasteiger partial charge < -0.3 is 5.11 Å². The highest BCUT2D eigenvalue weighted by Crippen LogP contribution is 2.26. The average molecular weight is 419 g/mol. The first-order valence-electron chi connectivity index (χ1n) is 9.67. The molecule has 152 valence electrons. The minimum Gasteiger partial charge on any atom is -0.508 e. The van der Waals surface area contributed by atoms with E-state index in [1.165, 1.54) is 0 Å². The van der Waals surface area contributed by atoms with Gasteiger partial charge in [-0.3, -0.25) is 9.71 Å². The number of sulfonamides is 1. The van der Waals surface area contributed by atoms with Gasteiger partial charge in [-0.1, -0.05) is 54.1 Å². The van der Waals surface area contributed by atoms with E-state index < -0.39 is 10.0 Å². The van der Waals surface area contributed by atoms with E-state index in [0.29, 0.717) is 24.0 Å². The SMILES string of the molecule is Cc1ccc(S(=O)(=O)Nc2cccc3ccc(CCc4ccccc4O)nc23)cc1. The van der Waals surface area contributed by atoms with E-state index in [0.717, 1.165) is 22.2 Å². The van der Waals surface area contributed by atoms with Crippen LogP contribution in [0.25, 0.3) is 10.9 Å². The van der Waals surface area contributed by atoms with Crippen molar-refractivity contribution in [2.24, 2.45) is 0 Å². The second-order valence-electron chi connectivity index (χ2n) is 7.23. The molecule has 0 saturated heterocycles. The predicted molar refractivity (Wildman–Crippen MR) is 119 cm³/mol. The Bertz CT molecular complexity index is 1300. The molecule has 1 aromatic heterocycles. The number of hydrogen-bond acceptors (Lipinski definition) is 4. The molecule has 0 bridgehead atoms. The van der Waals surface area contributed by atoms with E-state index in [1.54, 1.807) is 48.5 Å². The zero-order chi connectivity index (χ0) is 21.1. The fourth-order valence-corrected chi connectivity index (χ4v) is 4.38. The highest BCUT2D eigenvalue weighted by atomic mass is 32.2. The van der Waals surface area contributed by atoms with Crippen LogP contribution in [0.2, 0.25) is 0 Å². The van der Waals surface area contributed by atoms with Crippen LogP contribution in [0.5, 0.6) is 5.75 Å². The maximum atomic E-state index is 12.8. The Morgan fingerprint density at radius 2 is 1.63 bits per heavy atom. The highest BCUT2D eigenvalue weighted by Gasteiger charge is 2.16. The Morgan fingerprint density at radius 1 is 0.867 bits per heavy atom. The number of aromatic hydroxyl groups is 1. The van der Waals surface area contributed by atoms with Crippen molar-refractivity contribution in [1.29, 1.82) is 0 Å². The lowest BCUT2D eigenvalue weighted by atomic mass is 10.1. The first-order valence-corrected chi connectivity index (χ1v) is 11.2. The molecule has 5 nitrogen and oxygen atoms in total. The van der Waals surface area contributed by atoms with Gasteiger partial charge >= 0.3 is 0 Å². The zero-order valence-corrected chi connectivity index (χ0v) is 17.4. The normalized spacial score (nSPS) is 11.5. The van der Waals surface area contributed by atoms with Gasteiger partial charge in [-0.05, 0) is 55.7 Å². The van der Waals surface area contributed by atoms with Crippen molar-refractivity contribution in [3.05, 3.63) is 95.7 Å². The van der Waals surface area contributed by atoms with Gasteiger partial charge in [-0.15, -0.1) is 0 Å². The third-order valence-electron chi connectivity index (χ3n) is 5.00. The number of para-hydroxylation sites is 2. The predicted octanol–water partition coefficient (Wildman–Crippen LogP) is 4.83. The van der Waals surface area contributed by atoms with Crippen LogP contribution in [-0.2, 0) is 22.9 Å². The lowest BCUT2D eigenvalue weighted by Crippen LogP contribution is -2.13. The van der Waals surface area contributed by atoms with Gasteiger partial charge in [0.1, 0.15) is 5.75 Å². The maximum Gasteiger partial charge on any atom is 0.261 e. The molecule has 30 heavy (non-hydrogen) atoms. The second kappa shape index (κ2) is 8.16. The summed E-state index contributed by atoms with van der Waals surface area (Å²) < 4.78 is 28.3. The van der Waals surface area contributed by atoms with Crippen LogP contribution in [0.3, 0.4) is 0 Å². The van der Waals surface area contributed by atoms with Crippen molar-refractivity contribution >= 4 is 26.6 Å². The van der Waals surface area contributed by atoms with Gasteiger partial charge in [0.15, 0.2) is 0 Å². The van der Waals surface area contributed by atoms with Gasteiger partial charge in [0.05, 0.1) is 16.1 Å². The second-order valence-corrected chi connectivity index (χ2v) is 8.91. The number of rotatable bonds is 6. The number of aryl methyl sites for hydroxylation is 3. The van der Waals surface area contributed by atoms with Crippen LogP contribution < -0.4 is 4.72 Å². The molecule has 0 saturated carbocycles. The highest BCUT2D eigenvalue weighted by molar-refractivity contribution is 7.92. The fourth-order valence-electron chi connectivity index (χ4n) is 3.32.